The number of nitrogens with zero attached hydrogens (tertiary/aromatic N) is 4. The van der Waals surface area contributed by atoms with Crippen molar-refractivity contribution in [3.63, 3.8) is 0 Å². The molecule has 0 saturated heterocycles. The lowest BCUT2D eigenvalue weighted by Crippen LogP contribution is -2.54. The number of aliphatic imine (C=N–C) groups is 2. The lowest BCUT2D eigenvalue weighted by Gasteiger charge is -2.40. The number of aromatic nitrogens is 2. The SMILES string of the molecule is Cc1cncc(C(=O)NC23CCCC(NCCC4CN=CC(C(=O)NC56CCCC(C(=O)O)(CC5)C6)=N4)(CC2)C3)n1. The van der Waals surface area contributed by atoms with Crippen molar-refractivity contribution in [1.29, 1.82) is 0 Å². The molecule has 220 valence electrons. The Labute approximate surface area is 240 Å². The van der Waals surface area contributed by atoms with Crippen molar-refractivity contribution in [3.8, 4) is 0 Å². The van der Waals surface area contributed by atoms with E-state index in [-0.39, 0.29) is 28.9 Å². The molecule has 2 amide bonds. The van der Waals surface area contributed by atoms with Crippen LogP contribution in [0, 0.1) is 12.3 Å². The van der Waals surface area contributed by atoms with E-state index in [1.165, 1.54) is 6.20 Å². The Morgan fingerprint density at radius 1 is 0.902 bits per heavy atom. The smallest absolute Gasteiger partial charge is 0.309 e. The highest BCUT2D eigenvalue weighted by Crippen LogP contribution is 2.54. The van der Waals surface area contributed by atoms with Gasteiger partial charge in [-0.1, -0.05) is 0 Å². The molecule has 4 fully saturated rings. The third-order valence-corrected chi connectivity index (χ3v) is 10.4. The average molecular weight is 564 g/mol. The summed E-state index contributed by atoms with van der Waals surface area (Å²) in [4.78, 5) is 55.7. The van der Waals surface area contributed by atoms with E-state index in [4.69, 9.17) is 4.99 Å². The largest absolute Gasteiger partial charge is 0.481 e. The van der Waals surface area contributed by atoms with Gasteiger partial charge in [0.25, 0.3) is 11.8 Å². The molecule has 4 bridgehead atoms. The average Bonchev–Trinajstić information content (AvgIpc) is 3.37. The number of fused-ring (bicyclic) bond motifs is 4. The molecule has 0 spiro atoms. The highest BCUT2D eigenvalue weighted by Gasteiger charge is 2.56. The van der Waals surface area contributed by atoms with Crippen LogP contribution in [0.5, 0.6) is 0 Å². The molecule has 1 aliphatic heterocycles. The zero-order valence-electron chi connectivity index (χ0n) is 23.9. The second kappa shape index (κ2) is 10.6. The molecule has 4 N–H and O–H groups in total. The molecule has 1 aromatic heterocycles. The molecule has 5 aliphatic rings. The van der Waals surface area contributed by atoms with Gasteiger partial charge >= 0.3 is 5.97 Å². The van der Waals surface area contributed by atoms with Crippen molar-refractivity contribution in [2.75, 3.05) is 13.1 Å². The van der Waals surface area contributed by atoms with Crippen LogP contribution in [0.15, 0.2) is 22.4 Å². The number of carbonyl (C=O) groups excluding carboxylic acids is 2. The van der Waals surface area contributed by atoms with Crippen molar-refractivity contribution < 1.29 is 19.5 Å². The molecule has 5 unspecified atom stereocenters. The van der Waals surface area contributed by atoms with Crippen LogP contribution in [-0.2, 0) is 9.59 Å². The first-order valence-electron chi connectivity index (χ1n) is 15.1. The van der Waals surface area contributed by atoms with Gasteiger partial charge in [-0.25, -0.2) is 4.98 Å². The summed E-state index contributed by atoms with van der Waals surface area (Å²) in [5.74, 6) is -1.13. The van der Waals surface area contributed by atoms with E-state index in [0.717, 1.165) is 70.0 Å². The molecule has 0 aromatic carbocycles. The van der Waals surface area contributed by atoms with Crippen molar-refractivity contribution in [3.05, 3.63) is 23.8 Å². The molecule has 41 heavy (non-hydrogen) atoms. The van der Waals surface area contributed by atoms with E-state index in [1.54, 1.807) is 12.4 Å². The topological polar surface area (TPSA) is 158 Å². The number of carboxylic acids is 1. The molecule has 5 atom stereocenters. The van der Waals surface area contributed by atoms with Crippen molar-refractivity contribution in [2.45, 2.75) is 113 Å². The predicted octanol–water partition coefficient (Wildman–Crippen LogP) is 2.53. The predicted molar refractivity (Wildman–Crippen MR) is 153 cm³/mol. The minimum absolute atomic E-state index is 0.00901. The number of aliphatic carboxylic acids is 1. The Hall–Kier alpha value is -3.21. The summed E-state index contributed by atoms with van der Waals surface area (Å²) in [7, 11) is 0. The second-order valence-electron chi connectivity index (χ2n) is 13.3. The quantitative estimate of drug-likeness (QED) is 0.359. The molecule has 4 aliphatic carbocycles. The van der Waals surface area contributed by atoms with Crippen LogP contribution in [0.2, 0.25) is 0 Å². The summed E-state index contributed by atoms with van der Waals surface area (Å²) >= 11 is 0. The number of hydrogen-bond donors (Lipinski definition) is 4. The van der Waals surface area contributed by atoms with Crippen LogP contribution in [0.1, 0.15) is 99.7 Å². The highest BCUT2D eigenvalue weighted by atomic mass is 16.4. The molecular formula is C30H41N7O4. The molecule has 6 rings (SSSR count). The third kappa shape index (κ3) is 5.52. The van der Waals surface area contributed by atoms with Crippen molar-refractivity contribution in [2.24, 2.45) is 15.4 Å². The molecule has 1 aromatic rings. The number of hydrogen-bond acceptors (Lipinski definition) is 8. The first-order chi connectivity index (χ1) is 19.6. The van der Waals surface area contributed by atoms with Crippen molar-refractivity contribution >= 4 is 29.7 Å². The Balaban J connectivity index is 1.02. The fourth-order valence-electron chi connectivity index (χ4n) is 8.35. The van der Waals surface area contributed by atoms with Gasteiger partial charge < -0.3 is 21.1 Å². The number of carboxylic acid groups (broad SMARTS) is 1. The summed E-state index contributed by atoms with van der Waals surface area (Å²) in [6.07, 6.45) is 15.6. The molecule has 11 heteroatoms. The summed E-state index contributed by atoms with van der Waals surface area (Å²) in [5.41, 5.74) is 0.0538. The minimum atomic E-state index is -0.739. The van der Waals surface area contributed by atoms with Gasteiger partial charge in [0.1, 0.15) is 11.4 Å². The van der Waals surface area contributed by atoms with E-state index in [2.05, 4.69) is 30.9 Å². The van der Waals surface area contributed by atoms with E-state index in [9.17, 15) is 19.5 Å². The third-order valence-electron chi connectivity index (χ3n) is 10.4. The maximum atomic E-state index is 13.2. The maximum Gasteiger partial charge on any atom is 0.309 e. The molecule has 2 heterocycles. The zero-order valence-corrected chi connectivity index (χ0v) is 23.9. The highest BCUT2D eigenvalue weighted by molar-refractivity contribution is 6.61. The Bertz CT molecular complexity index is 1300. The maximum absolute atomic E-state index is 13.2. The molecule has 4 saturated carbocycles. The van der Waals surface area contributed by atoms with E-state index >= 15 is 0 Å². The Morgan fingerprint density at radius 2 is 1.61 bits per heavy atom. The number of rotatable bonds is 9. The second-order valence-corrected chi connectivity index (χ2v) is 13.3. The van der Waals surface area contributed by atoms with E-state index in [0.29, 0.717) is 43.6 Å². The summed E-state index contributed by atoms with van der Waals surface area (Å²) in [5, 5.41) is 20.1. The van der Waals surface area contributed by atoms with Gasteiger partial charge in [0.05, 0.1) is 36.1 Å². The van der Waals surface area contributed by atoms with Crippen LogP contribution in [0.4, 0.5) is 0 Å². The van der Waals surface area contributed by atoms with Gasteiger partial charge in [0, 0.05) is 22.8 Å². The molecule has 11 nitrogen and oxygen atoms in total. The first kappa shape index (κ1) is 27.9. The summed E-state index contributed by atoms with van der Waals surface area (Å²) < 4.78 is 0. The minimum Gasteiger partial charge on any atom is -0.481 e. The van der Waals surface area contributed by atoms with Crippen LogP contribution in [0.3, 0.4) is 0 Å². The van der Waals surface area contributed by atoms with Gasteiger partial charge in [0.2, 0.25) is 0 Å². The summed E-state index contributed by atoms with van der Waals surface area (Å²) in [6, 6.07) is -0.0791. The Kier molecular flexibility index (Phi) is 7.20. The van der Waals surface area contributed by atoms with E-state index in [1.807, 2.05) is 6.92 Å². The van der Waals surface area contributed by atoms with Crippen LogP contribution >= 0.6 is 0 Å². The fourth-order valence-corrected chi connectivity index (χ4v) is 8.35. The standard InChI is InChI=1S/C30H41N7O4/c1-20-14-31-16-22(34-20)24(38)37-30-8-3-6-28(19-30,11-12-30)33-13-4-21-15-32-17-23(35-21)25(39)36-29-7-2-5-27(18-29,9-10-29)26(40)41/h14,16-17,21,33H,2-13,15,18-19H2,1H3,(H,36,39)(H,37,38)(H,40,41). The lowest BCUT2D eigenvalue weighted by molar-refractivity contribution is -0.150. The van der Waals surface area contributed by atoms with Crippen LogP contribution < -0.4 is 16.0 Å². The lowest BCUT2D eigenvalue weighted by atomic mass is 9.73. The van der Waals surface area contributed by atoms with Crippen LogP contribution in [0.25, 0.3) is 0 Å². The van der Waals surface area contributed by atoms with Crippen LogP contribution in [-0.4, -0.2) is 80.5 Å². The molecular weight excluding hydrogens is 522 g/mol. The van der Waals surface area contributed by atoms with Gasteiger partial charge in [-0.15, -0.1) is 0 Å². The number of carbonyl (C=O) groups is 3. The normalized spacial score (nSPS) is 35.5. The summed E-state index contributed by atoms with van der Waals surface area (Å²) in [6.45, 7) is 3.15. The van der Waals surface area contributed by atoms with Crippen molar-refractivity contribution in [1.82, 2.24) is 25.9 Å². The number of amides is 2. The zero-order chi connectivity index (χ0) is 28.7. The van der Waals surface area contributed by atoms with Gasteiger partial charge in [-0.2, -0.15) is 0 Å². The Morgan fingerprint density at radius 3 is 2.41 bits per heavy atom. The van der Waals surface area contributed by atoms with Gasteiger partial charge in [-0.05, 0) is 96.9 Å². The fraction of sp³-hybridized carbons (Fsp3) is 0.700. The number of nitrogens with one attached hydrogen (secondary N) is 3. The van der Waals surface area contributed by atoms with Gasteiger partial charge in [0.15, 0.2) is 0 Å². The monoisotopic (exact) mass is 563 g/mol. The first-order valence-corrected chi connectivity index (χ1v) is 15.1. The number of aryl methyl sites for hydroxylation is 1. The van der Waals surface area contributed by atoms with E-state index < -0.39 is 16.9 Å². The van der Waals surface area contributed by atoms with Gasteiger partial charge in [-0.3, -0.25) is 29.4 Å². The molecule has 0 radical (unpaired) electrons.